The van der Waals surface area contributed by atoms with Crippen molar-refractivity contribution in [1.82, 2.24) is 4.98 Å². The topological polar surface area (TPSA) is 42.0 Å². The number of halogens is 1. The van der Waals surface area contributed by atoms with Crippen molar-refractivity contribution in [2.24, 2.45) is 0 Å². The Balaban J connectivity index is 1.62. The fourth-order valence-electron chi connectivity index (χ4n) is 2.77. The fraction of sp³-hybridized carbons (Fsp3) is 0.111. The number of aryl methyl sites for hydroxylation is 2. The van der Waals surface area contributed by atoms with Gasteiger partial charge in [0.25, 0.3) is 5.91 Å². The first kappa shape index (κ1) is 14.6. The summed E-state index contributed by atoms with van der Waals surface area (Å²) in [5, 5.41) is 3.59. The Bertz CT molecular complexity index is 886. The summed E-state index contributed by atoms with van der Waals surface area (Å²) in [4.78, 5) is 18.2. The molecule has 1 N–H and O–H groups in total. The van der Waals surface area contributed by atoms with E-state index in [4.69, 9.17) is 0 Å². The van der Waals surface area contributed by atoms with E-state index in [1.54, 1.807) is 23.5 Å². The molecule has 1 heterocycles. The third-order valence-electron chi connectivity index (χ3n) is 3.92. The molecule has 1 amide bonds. The minimum atomic E-state index is -0.128. The van der Waals surface area contributed by atoms with E-state index in [1.807, 2.05) is 18.2 Å². The summed E-state index contributed by atoms with van der Waals surface area (Å²) in [6.45, 7) is 0. The van der Waals surface area contributed by atoms with E-state index in [1.165, 1.54) is 16.0 Å². The maximum Gasteiger partial charge on any atom is 0.257 e. The van der Waals surface area contributed by atoms with Crippen molar-refractivity contribution in [1.29, 1.82) is 0 Å². The molecule has 1 aliphatic rings. The van der Waals surface area contributed by atoms with Crippen LogP contribution in [0.1, 0.15) is 20.8 Å². The predicted octanol–water partition coefficient (Wildman–Crippen LogP) is 4.92. The molecule has 3 aromatic rings. The summed E-state index contributed by atoms with van der Waals surface area (Å²) in [5.41, 5.74) is 4.16. The van der Waals surface area contributed by atoms with Crippen molar-refractivity contribution < 1.29 is 4.79 Å². The third kappa shape index (κ3) is 2.82. The van der Waals surface area contributed by atoms with Crippen molar-refractivity contribution in [2.45, 2.75) is 12.8 Å². The Morgan fingerprint density at radius 2 is 1.87 bits per heavy atom. The van der Waals surface area contributed by atoms with Gasteiger partial charge in [0, 0.05) is 20.5 Å². The first-order valence-electron chi connectivity index (χ1n) is 7.35. The van der Waals surface area contributed by atoms with Gasteiger partial charge in [-0.05, 0) is 42.7 Å². The van der Waals surface area contributed by atoms with Gasteiger partial charge in [-0.2, -0.15) is 0 Å². The molecule has 0 unspecified atom stereocenters. The molecular formula is C18H13BrN2OS. The Labute approximate surface area is 146 Å². The van der Waals surface area contributed by atoms with E-state index in [0.29, 0.717) is 10.7 Å². The number of anilines is 1. The van der Waals surface area contributed by atoms with Gasteiger partial charge in [0.05, 0.1) is 5.69 Å². The predicted molar refractivity (Wildman–Crippen MR) is 97.1 cm³/mol. The van der Waals surface area contributed by atoms with Crippen LogP contribution in [0.3, 0.4) is 0 Å². The average Bonchev–Trinajstić information content (AvgIpc) is 2.98. The molecule has 0 bridgehead atoms. The minimum absolute atomic E-state index is 0.128. The highest BCUT2D eigenvalue weighted by atomic mass is 79.9. The molecule has 0 fully saturated rings. The number of benzene rings is 2. The first-order chi connectivity index (χ1) is 11.2. The van der Waals surface area contributed by atoms with Gasteiger partial charge in [0.1, 0.15) is 0 Å². The normalized spacial score (nSPS) is 12.4. The summed E-state index contributed by atoms with van der Waals surface area (Å²) >= 11 is 4.95. The van der Waals surface area contributed by atoms with Crippen LogP contribution in [0.15, 0.2) is 53.0 Å². The van der Waals surface area contributed by atoms with Gasteiger partial charge < -0.3 is 0 Å². The zero-order valence-corrected chi connectivity index (χ0v) is 14.6. The molecule has 0 aliphatic heterocycles. The Hall–Kier alpha value is -1.98. The lowest BCUT2D eigenvalue weighted by atomic mass is 9.94. The molecule has 0 saturated carbocycles. The molecule has 0 atom stereocenters. The summed E-state index contributed by atoms with van der Waals surface area (Å²) in [5.74, 6) is -0.128. The largest absolute Gasteiger partial charge is 0.298 e. The Morgan fingerprint density at radius 3 is 2.70 bits per heavy atom. The van der Waals surface area contributed by atoms with Gasteiger partial charge >= 0.3 is 0 Å². The van der Waals surface area contributed by atoms with Crippen LogP contribution in [0, 0.1) is 0 Å². The molecule has 0 saturated heterocycles. The number of fused-ring (bicyclic) bond motifs is 3. The molecule has 23 heavy (non-hydrogen) atoms. The lowest BCUT2D eigenvalue weighted by molar-refractivity contribution is 0.102. The van der Waals surface area contributed by atoms with Gasteiger partial charge in [-0.25, -0.2) is 4.98 Å². The first-order valence-corrected chi connectivity index (χ1v) is 8.96. The monoisotopic (exact) mass is 384 g/mol. The number of carbonyl (C=O) groups excluding carboxylic acids is 1. The minimum Gasteiger partial charge on any atom is -0.298 e. The lowest BCUT2D eigenvalue weighted by Crippen LogP contribution is -2.11. The summed E-state index contributed by atoms with van der Waals surface area (Å²) in [6, 6.07) is 15.7. The van der Waals surface area contributed by atoms with Crippen LogP contribution in [0.25, 0.3) is 11.3 Å². The summed E-state index contributed by atoms with van der Waals surface area (Å²) in [7, 11) is 0. The number of carbonyl (C=O) groups is 1. The van der Waals surface area contributed by atoms with E-state index in [9.17, 15) is 4.79 Å². The zero-order valence-electron chi connectivity index (χ0n) is 12.2. The fourth-order valence-corrected chi connectivity index (χ4v) is 4.01. The number of nitrogens with zero attached hydrogens (tertiary/aromatic N) is 1. The second kappa shape index (κ2) is 5.91. The lowest BCUT2D eigenvalue weighted by Gasteiger charge is -2.13. The van der Waals surface area contributed by atoms with Gasteiger partial charge in [-0.1, -0.05) is 40.2 Å². The van der Waals surface area contributed by atoms with Crippen molar-refractivity contribution in [3.8, 4) is 11.3 Å². The second-order valence-electron chi connectivity index (χ2n) is 5.41. The Kier molecular flexibility index (Phi) is 3.75. The van der Waals surface area contributed by atoms with Crippen LogP contribution in [-0.4, -0.2) is 10.9 Å². The van der Waals surface area contributed by atoms with Crippen LogP contribution in [0.5, 0.6) is 0 Å². The van der Waals surface area contributed by atoms with E-state index < -0.39 is 0 Å². The number of hydrogen-bond donors (Lipinski definition) is 1. The van der Waals surface area contributed by atoms with Crippen LogP contribution in [0.4, 0.5) is 5.13 Å². The number of hydrogen-bond acceptors (Lipinski definition) is 3. The van der Waals surface area contributed by atoms with Crippen LogP contribution in [-0.2, 0) is 12.8 Å². The third-order valence-corrected chi connectivity index (χ3v) is 5.48. The molecule has 1 aliphatic carbocycles. The maximum absolute atomic E-state index is 12.3. The smallest absolute Gasteiger partial charge is 0.257 e. The van der Waals surface area contributed by atoms with Crippen LogP contribution < -0.4 is 5.32 Å². The van der Waals surface area contributed by atoms with Crippen LogP contribution in [0.2, 0.25) is 0 Å². The number of nitrogens with one attached hydrogen (secondary N) is 1. The molecule has 114 valence electrons. The van der Waals surface area contributed by atoms with Gasteiger partial charge in [-0.3, -0.25) is 10.1 Å². The highest BCUT2D eigenvalue weighted by Gasteiger charge is 2.21. The van der Waals surface area contributed by atoms with E-state index >= 15 is 0 Å². The van der Waals surface area contributed by atoms with Gasteiger partial charge in [0.2, 0.25) is 0 Å². The van der Waals surface area contributed by atoms with E-state index in [0.717, 1.165) is 23.0 Å². The zero-order chi connectivity index (χ0) is 15.8. The Morgan fingerprint density at radius 1 is 1.09 bits per heavy atom. The SMILES string of the molecule is O=C(Nc1nc2c(s1)CCc1ccccc1-2)c1ccc(Br)cc1. The highest BCUT2D eigenvalue weighted by Crippen LogP contribution is 2.38. The molecule has 5 heteroatoms. The van der Waals surface area contributed by atoms with Crippen molar-refractivity contribution >= 4 is 38.3 Å². The average molecular weight is 385 g/mol. The number of amides is 1. The summed E-state index contributed by atoms with van der Waals surface area (Å²) in [6.07, 6.45) is 2.02. The van der Waals surface area contributed by atoms with E-state index in [2.05, 4.69) is 44.4 Å². The van der Waals surface area contributed by atoms with Gasteiger partial charge in [0.15, 0.2) is 5.13 Å². The van der Waals surface area contributed by atoms with Crippen molar-refractivity contribution in [3.05, 3.63) is 69.0 Å². The van der Waals surface area contributed by atoms with Crippen LogP contribution >= 0.6 is 27.3 Å². The number of thiazole rings is 1. The number of aromatic nitrogens is 1. The molecule has 1 aromatic heterocycles. The second-order valence-corrected chi connectivity index (χ2v) is 7.41. The van der Waals surface area contributed by atoms with Gasteiger partial charge in [-0.15, -0.1) is 11.3 Å². The van der Waals surface area contributed by atoms with Crippen molar-refractivity contribution in [2.75, 3.05) is 5.32 Å². The van der Waals surface area contributed by atoms with E-state index in [-0.39, 0.29) is 5.91 Å². The molecule has 0 radical (unpaired) electrons. The quantitative estimate of drug-likeness (QED) is 0.680. The highest BCUT2D eigenvalue weighted by molar-refractivity contribution is 9.10. The molecule has 4 rings (SSSR count). The molecule has 0 spiro atoms. The molecule has 2 aromatic carbocycles. The standard InChI is InChI=1S/C18H13BrN2OS/c19-13-8-5-12(6-9-13)17(22)21-18-20-16-14-4-2-1-3-11(14)7-10-15(16)23-18/h1-6,8-9H,7,10H2,(H,20,21,22). The maximum atomic E-state index is 12.3. The number of rotatable bonds is 2. The molecule has 3 nitrogen and oxygen atoms in total. The molecular weight excluding hydrogens is 372 g/mol. The summed E-state index contributed by atoms with van der Waals surface area (Å²) < 4.78 is 0.954. The van der Waals surface area contributed by atoms with Crippen molar-refractivity contribution in [3.63, 3.8) is 0 Å².